The maximum Gasteiger partial charge on any atom is 0.335 e. The summed E-state index contributed by atoms with van der Waals surface area (Å²) in [5.74, 6) is -1.55. The summed E-state index contributed by atoms with van der Waals surface area (Å²) in [6.45, 7) is 1.19. The minimum Gasteiger partial charge on any atom is -0.479 e. The molecule has 0 rings (SSSR count). The first-order valence-corrected chi connectivity index (χ1v) is 2.74. The van der Waals surface area contributed by atoms with Gasteiger partial charge in [-0.15, -0.1) is 0 Å². The molecule has 0 aromatic heterocycles. The summed E-state index contributed by atoms with van der Waals surface area (Å²) in [5, 5.41) is 33.9. The van der Waals surface area contributed by atoms with E-state index in [1.54, 1.807) is 0 Å². The first-order chi connectivity index (χ1) is 4.46. The molecule has 60 valence electrons. The minimum atomic E-state index is -1.92. The van der Waals surface area contributed by atoms with Gasteiger partial charge in [-0.2, -0.15) is 0 Å². The molecule has 0 aromatic carbocycles. The van der Waals surface area contributed by atoms with Gasteiger partial charge in [-0.1, -0.05) is 0 Å². The van der Waals surface area contributed by atoms with E-state index in [-0.39, 0.29) is 0 Å². The molecule has 0 saturated carbocycles. The van der Waals surface area contributed by atoms with Gasteiger partial charge in [0.05, 0.1) is 6.10 Å². The number of aliphatic hydroxyl groups excluding tert-OH is 3. The summed E-state index contributed by atoms with van der Waals surface area (Å²) in [6.07, 6.45) is -4.79. The van der Waals surface area contributed by atoms with Crippen LogP contribution in [0.1, 0.15) is 6.92 Å². The van der Waals surface area contributed by atoms with Gasteiger partial charge in [-0.3, -0.25) is 0 Å². The Balaban J connectivity index is 3.94. The normalized spacial score (nSPS) is 19.6. The van der Waals surface area contributed by atoms with Crippen LogP contribution in [0.3, 0.4) is 0 Å². The fraction of sp³-hybridized carbons (Fsp3) is 0.800. The van der Waals surface area contributed by atoms with E-state index in [1.165, 1.54) is 6.92 Å². The maximum atomic E-state index is 9.92. The van der Waals surface area contributed by atoms with E-state index >= 15 is 0 Å². The van der Waals surface area contributed by atoms with Crippen molar-refractivity contribution >= 4 is 5.97 Å². The van der Waals surface area contributed by atoms with Gasteiger partial charge in [0.1, 0.15) is 6.10 Å². The third-order valence-electron chi connectivity index (χ3n) is 1.07. The van der Waals surface area contributed by atoms with Crippen LogP contribution in [0, 0.1) is 0 Å². The molecule has 0 aliphatic rings. The molecule has 0 unspecified atom stereocenters. The van der Waals surface area contributed by atoms with Crippen molar-refractivity contribution in [1.82, 2.24) is 0 Å². The number of aliphatic carboxylic acids is 1. The largest absolute Gasteiger partial charge is 0.479 e. The van der Waals surface area contributed by atoms with Crippen LogP contribution in [0.15, 0.2) is 0 Å². The predicted octanol–water partition coefficient (Wildman–Crippen LogP) is -1.83. The lowest BCUT2D eigenvalue weighted by Crippen LogP contribution is -2.40. The van der Waals surface area contributed by atoms with E-state index < -0.39 is 24.3 Å². The molecule has 10 heavy (non-hydrogen) atoms. The molecule has 0 spiro atoms. The van der Waals surface area contributed by atoms with Gasteiger partial charge < -0.3 is 20.4 Å². The molecule has 0 aromatic rings. The monoisotopic (exact) mass is 150 g/mol. The van der Waals surface area contributed by atoms with Crippen molar-refractivity contribution in [2.45, 2.75) is 25.2 Å². The molecule has 0 aliphatic heterocycles. The van der Waals surface area contributed by atoms with Gasteiger partial charge in [0.25, 0.3) is 0 Å². The highest BCUT2D eigenvalue weighted by molar-refractivity contribution is 5.72. The Kier molecular flexibility index (Phi) is 3.27. The van der Waals surface area contributed by atoms with Crippen molar-refractivity contribution in [3.63, 3.8) is 0 Å². The third-order valence-corrected chi connectivity index (χ3v) is 1.07. The Morgan fingerprint density at radius 3 is 1.80 bits per heavy atom. The highest BCUT2D eigenvalue weighted by Crippen LogP contribution is 1.98. The van der Waals surface area contributed by atoms with Crippen molar-refractivity contribution < 1.29 is 25.2 Å². The molecule has 0 fully saturated rings. The van der Waals surface area contributed by atoms with Crippen LogP contribution in [0.5, 0.6) is 0 Å². The zero-order valence-corrected chi connectivity index (χ0v) is 5.43. The van der Waals surface area contributed by atoms with E-state index in [9.17, 15) is 4.79 Å². The van der Waals surface area contributed by atoms with Gasteiger partial charge in [-0.25, -0.2) is 4.79 Å². The summed E-state index contributed by atoms with van der Waals surface area (Å²) in [7, 11) is 0. The van der Waals surface area contributed by atoms with Gasteiger partial charge in [0.15, 0.2) is 6.10 Å². The highest BCUT2D eigenvalue weighted by atomic mass is 16.4. The van der Waals surface area contributed by atoms with E-state index in [4.69, 9.17) is 20.4 Å². The molecule has 0 saturated heterocycles. The number of carboxylic acid groups (broad SMARTS) is 1. The second kappa shape index (κ2) is 3.50. The average Bonchev–Trinajstić information content (AvgIpc) is 1.84. The summed E-state index contributed by atoms with van der Waals surface area (Å²) in [6, 6.07) is 0. The number of carbonyl (C=O) groups is 1. The molecule has 0 bridgehead atoms. The Labute approximate surface area is 57.5 Å². The Bertz CT molecular complexity index is 121. The molecule has 0 radical (unpaired) electrons. The summed E-state index contributed by atoms with van der Waals surface area (Å²) >= 11 is 0. The van der Waals surface area contributed by atoms with Gasteiger partial charge in [0, 0.05) is 0 Å². The highest BCUT2D eigenvalue weighted by Gasteiger charge is 2.26. The standard InChI is InChI=1S/C5H10O5/c1-2(6)3(7)4(8)5(9)10/h2-4,6-8H,1H3,(H,9,10)/t2-,3-,4+/m1/s1. The van der Waals surface area contributed by atoms with E-state index in [2.05, 4.69) is 0 Å². The second-order valence-corrected chi connectivity index (χ2v) is 2.01. The molecular weight excluding hydrogens is 140 g/mol. The number of hydrogen-bond donors (Lipinski definition) is 4. The van der Waals surface area contributed by atoms with E-state index in [0.29, 0.717) is 0 Å². The minimum absolute atomic E-state index is 1.19. The van der Waals surface area contributed by atoms with Crippen molar-refractivity contribution in [3.05, 3.63) is 0 Å². The molecule has 3 atom stereocenters. The van der Waals surface area contributed by atoms with Crippen LogP contribution in [0.4, 0.5) is 0 Å². The molecule has 0 heterocycles. The molecule has 5 nitrogen and oxygen atoms in total. The van der Waals surface area contributed by atoms with Crippen LogP contribution in [-0.4, -0.2) is 44.7 Å². The first-order valence-electron chi connectivity index (χ1n) is 2.74. The van der Waals surface area contributed by atoms with Crippen LogP contribution >= 0.6 is 0 Å². The average molecular weight is 150 g/mol. The smallest absolute Gasteiger partial charge is 0.335 e. The van der Waals surface area contributed by atoms with Crippen molar-refractivity contribution in [2.75, 3.05) is 0 Å². The number of aliphatic hydroxyl groups is 3. The summed E-state index contributed by atoms with van der Waals surface area (Å²) in [5.41, 5.74) is 0. The first kappa shape index (κ1) is 9.35. The Morgan fingerprint density at radius 1 is 1.30 bits per heavy atom. The third kappa shape index (κ3) is 2.30. The van der Waals surface area contributed by atoms with Crippen LogP contribution in [-0.2, 0) is 4.79 Å². The van der Waals surface area contributed by atoms with Crippen LogP contribution in [0.25, 0.3) is 0 Å². The van der Waals surface area contributed by atoms with Crippen molar-refractivity contribution in [1.29, 1.82) is 0 Å². The zero-order valence-electron chi connectivity index (χ0n) is 5.43. The predicted molar refractivity (Wildman–Crippen MR) is 31.3 cm³/mol. The quantitative estimate of drug-likeness (QED) is 0.379. The van der Waals surface area contributed by atoms with Crippen LogP contribution < -0.4 is 0 Å². The van der Waals surface area contributed by atoms with E-state index in [0.717, 1.165) is 0 Å². The summed E-state index contributed by atoms with van der Waals surface area (Å²) in [4.78, 5) is 9.92. The zero-order chi connectivity index (χ0) is 8.31. The lowest BCUT2D eigenvalue weighted by Gasteiger charge is -2.15. The van der Waals surface area contributed by atoms with Crippen molar-refractivity contribution in [2.24, 2.45) is 0 Å². The fourth-order valence-electron chi connectivity index (χ4n) is 0.410. The summed E-state index contributed by atoms with van der Waals surface area (Å²) < 4.78 is 0. The lowest BCUT2D eigenvalue weighted by molar-refractivity contribution is -0.157. The second-order valence-electron chi connectivity index (χ2n) is 2.01. The van der Waals surface area contributed by atoms with E-state index in [1.807, 2.05) is 0 Å². The Hall–Kier alpha value is -0.650. The molecule has 4 N–H and O–H groups in total. The van der Waals surface area contributed by atoms with Crippen molar-refractivity contribution in [3.8, 4) is 0 Å². The molecule has 0 amide bonds. The SMILES string of the molecule is C[C@@H](O)[C@@H](O)[C@H](O)C(=O)O. The number of hydrogen-bond acceptors (Lipinski definition) is 4. The number of rotatable bonds is 3. The lowest BCUT2D eigenvalue weighted by atomic mass is 10.1. The maximum absolute atomic E-state index is 9.92. The van der Waals surface area contributed by atoms with Gasteiger partial charge in [-0.05, 0) is 6.92 Å². The Morgan fingerprint density at radius 2 is 1.70 bits per heavy atom. The molecule has 5 heteroatoms. The molecular formula is C5H10O5. The van der Waals surface area contributed by atoms with Gasteiger partial charge >= 0.3 is 5.97 Å². The topological polar surface area (TPSA) is 98.0 Å². The number of carboxylic acids is 1. The molecule has 0 aliphatic carbocycles. The van der Waals surface area contributed by atoms with Crippen LogP contribution in [0.2, 0.25) is 0 Å². The van der Waals surface area contributed by atoms with Gasteiger partial charge in [0.2, 0.25) is 0 Å². The fourth-order valence-corrected chi connectivity index (χ4v) is 0.410.